The van der Waals surface area contributed by atoms with E-state index in [1.54, 1.807) is 24.3 Å². The van der Waals surface area contributed by atoms with Gasteiger partial charge in [-0.05, 0) is 36.4 Å². The van der Waals surface area contributed by atoms with E-state index in [1.165, 1.54) is 24.3 Å². The minimum atomic E-state index is -3.92. The number of benzene rings is 2. The minimum Gasteiger partial charge on any atom is -0.508 e. The molecular formula is C15H11N3O4S. The van der Waals surface area contributed by atoms with Crippen molar-refractivity contribution in [1.82, 2.24) is 15.0 Å². The highest BCUT2D eigenvalue weighted by atomic mass is 32.2. The molecule has 1 N–H and O–H groups in total. The average molecular weight is 329 g/mol. The number of aromatic hydroxyl groups is 1. The van der Waals surface area contributed by atoms with Crippen LogP contribution in [-0.2, 0) is 9.84 Å². The van der Waals surface area contributed by atoms with Gasteiger partial charge in [-0.3, -0.25) is 0 Å². The van der Waals surface area contributed by atoms with Gasteiger partial charge in [-0.25, -0.2) is 13.4 Å². The molecule has 23 heavy (non-hydrogen) atoms. The number of rotatable bonds is 4. The Hall–Kier alpha value is -3.00. The molecule has 3 rings (SSSR count). The van der Waals surface area contributed by atoms with Crippen LogP contribution < -0.4 is 4.74 Å². The Kier molecular flexibility index (Phi) is 3.90. The molecule has 2 aromatic carbocycles. The third-order valence-corrected chi connectivity index (χ3v) is 4.44. The van der Waals surface area contributed by atoms with Crippen LogP contribution in [0.2, 0.25) is 0 Å². The molecule has 8 heteroatoms. The van der Waals surface area contributed by atoms with Crippen molar-refractivity contribution in [3.05, 3.63) is 60.9 Å². The summed E-state index contributed by atoms with van der Waals surface area (Å²) in [7, 11) is -3.92. The topological polar surface area (TPSA) is 102 Å². The fourth-order valence-corrected chi connectivity index (χ4v) is 2.86. The molecule has 0 amide bonds. The molecule has 0 atom stereocenters. The van der Waals surface area contributed by atoms with Gasteiger partial charge in [-0.1, -0.05) is 18.2 Å². The summed E-state index contributed by atoms with van der Waals surface area (Å²) in [6, 6.07) is 13.7. The molecule has 1 aromatic heterocycles. The maximum Gasteiger partial charge on any atom is 0.326 e. The highest BCUT2D eigenvalue weighted by Crippen LogP contribution is 2.22. The first-order chi connectivity index (χ1) is 11.1. The quantitative estimate of drug-likeness (QED) is 0.782. The van der Waals surface area contributed by atoms with E-state index in [4.69, 9.17) is 4.74 Å². The molecule has 0 aliphatic rings. The van der Waals surface area contributed by atoms with Crippen LogP contribution in [0.25, 0.3) is 0 Å². The summed E-state index contributed by atoms with van der Waals surface area (Å²) in [4.78, 5) is 11.3. The molecule has 0 saturated heterocycles. The van der Waals surface area contributed by atoms with E-state index in [0.717, 1.165) is 6.33 Å². The lowest BCUT2D eigenvalue weighted by Crippen LogP contribution is -2.08. The van der Waals surface area contributed by atoms with Gasteiger partial charge in [0.1, 0.15) is 17.8 Å². The van der Waals surface area contributed by atoms with Crippen molar-refractivity contribution >= 4 is 9.84 Å². The number of phenols is 1. The van der Waals surface area contributed by atoms with Crippen LogP contribution >= 0.6 is 0 Å². The van der Waals surface area contributed by atoms with Gasteiger partial charge < -0.3 is 9.84 Å². The van der Waals surface area contributed by atoms with Gasteiger partial charge in [0.2, 0.25) is 9.84 Å². The number of aromatic nitrogens is 3. The van der Waals surface area contributed by atoms with Crippen molar-refractivity contribution in [1.29, 1.82) is 0 Å². The third-order valence-electron chi connectivity index (χ3n) is 2.87. The number of hydrogen-bond acceptors (Lipinski definition) is 7. The van der Waals surface area contributed by atoms with Crippen LogP contribution in [-0.4, -0.2) is 28.5 Å². The number of phenolic OH excluding ortho intramolecular Hbond substituents is 1. The third kappa shape index (κ3) is 3.27. The summed E-state index contributed by atoms with van der Waals surface area (Å²) < 4.78 is 30.3. The second kappa shape index (κ2) is 6.01. The number of nitrogens with zero attached hydrogens (tertiary/aromatic N) is 3. The van der Waals surface area contributed by atoms with Crippen LogP contribution in [0.4, 0.5) is 0 Å². The van der Waals surface area contributed by atoms with E-state index in [1.807, 2.05) is 6.07 Å². The van der Waals surface area contributed by atoms with Crippen LogP contribution in [0.15, 0.2) is 71.0 Å². The fraction of sp³-hybridized carbons (Fsp3) is 0. The van der Waals surface area contributed by atoms with Gasteiger partial charge in [-0.15, -0.1) is 0 Å². The molecular weight excluding hydrogens is 318 g/mol. The summed E-state index contributed by atoms with van der Waals surface area (Å²) >= 11 is 0. The molecule has 0 bridgehead atoms. The molecule has 7 nitrogen and oxygen atoms in total. The summed E-state index contributed by atoms with van der Waals surface area (Å²) in [5.74, 6) is 0.444. The molecule has 0 spiro atoms. The van der Waals surface area contributed by atoms with Crippen LogP contribution in [0.5, 0.6) is 17.5 Å². The minimum absolute atomic E-state index is 0.0345. The number of hydrogen-bond donors (Lipinski definition) is 1. The van der Waals surface area contributed by atoms with E-state index in [9.17, 15) is 13.5 Å². The Labute approximate surface area is 132 Å². The highest BCUT2D eigenvalue weighted by Gasteiger charge is 2.22. The molecule has 0 fully saturated rings. The summed E-state index contributed by atoms with van der Waals surface area (Å²) in [5, 5.41) is 8.82. The van der Waals surface area contributed by atoms with Gasteiger partial charge in [-0.2, -0.15) is 9.97 Å². The Morgan fingerprint density at radius 1 is 0.913 bits per heavy atom. The number of ether oxygens (including phenoxy) is 1. The predicted octanol–water partition coefficient (Wildman–Crippen LogP) is 2.20. The molecule has 0 aliphatic carbocycles. The zero-order chi connectivity index (χ0) is 16.3. The maximum atomic E-state index is 12.5. The number of para-hydroxylation sites is 1. The number of sulfone groups is 1. The normalized spacial score (nSPS) is 11.1. The van der Waals surface area contributed by atoms with Gasteiger partial charge in [0.05, 0.1) is 4.90 Å². The van der Waals surface area contributed by atoms with Crippen molar-refractivity contribution in [2.24, 2.45) is 0 Å². The Morgan fingerprint density at radius 2 is 1.61 bits per heavy atom. The lowest BCUT2D eigenvalue weighted by atomic mass is 10.3. The highest BCUT2D eigenvalue weighted by molar-refractivity contribution is 7.91. The second-order valence-corrected chi connectivity index (χ2v) is 6.31. The van der Waals surface area contributed by atoms with Gasteiger partial charge in [0.25, 0.3) is 5.16 Å². The molecule has 0 aliphatic heterocycles. The Balaban J connectivity index is 1.94. The zero-order valence-electron chi connectivity index (χ0n) is 11.7. The van der Waals surface area contributed by atoms with Crippen LogP contribution in [0.1, 0.15) is 0 Å². The maximum absolute atomic E-state index is 12.5. The van der Waals surface area contributed by atoms with Gasteiger partial charge in [0.15, 0.2) is 0 Å². The van der Waals surface area contributed by atoms with E-state index in [0.29, 0.717) is 5.75 Å². The van der Waals surface area contributed by atoms with Gasteiger partial charge in [0, 0.05) is 0 Å². The lowest BCUT2D eigenvalue weighted by molar-refractivity contribution is 0.430. The van der Waals surface area contributed by atoms with E-state index in [2.05, 4.69) is 15.0 Å². The lowest BCUT2D eigenvalue weighted by Gasteiger charge is -2.06. The van der Waals surface area contributed by atoms with E-state index >= 15 is 0 Å². The van der Waals surface area contributed by atoms with Crippen molar-refractivity contribution in [2.45, 2.75) is 10.1 Å². The molecule has 0 saturated carbocycles. The van der Waals surface area contributed by atoms with Crippen LogP contribution in [0, 0.1) is 0 Å². The predicted molar refractivity (Wildman–Crippen MR) is 79.9 cm³/mol. The van der Waals surface area contributed by atoms with Crippen molar-refractivity contribution in [2.75, 3.05) is 0 Å². The molecule has 1 heterocycles. The molecule has 116 valence electrons. The monoisotopic (exact) mass is 329 g/mol. The zero-order valence-corrected chi connectivity index (χ0v) is 12.5. The van der Waals surface area contributed by atoms with E-state index < -0.39 is 15.0 Å². The van der Waals surface area contributed by atoms with Crippen molar-refractivity contribution < 1.29 is 18.3 Å². The first kappa shape index (κ1) is 14.9. The summed E-state index contributed by atoms with van der Waals surface area (Å²) in [6.07, 6.45) is 1.07. The van der Waals surface area contributed by atoms with Crippen molar-refractivity contribution in [3.8, 4) is 17.5 Å². The van der Waals surface area contributed by atoms with E-state index in [-0.39, 0.29) is 16.7 Å². The van der Waals surface area contributed by atoms with Crippen LogP contribution in [0.3, 0.4) is 0 Å². The molecule has 3 aromatic rings. The van der Waals surface area contributed by atoms with Crippen molar-refractivity contribution in [3.63, 3.8) is 0 Å². The first-order valence-electron chi connectivity index (χ1n) is 6.52. The smallest absolute Gasteiger partial charge is 0.326 e. The largest absolute Gasteiger partial charge is 0.508 e. The average Bonchev–Trinajstić information content (AvgIpc) is 2.56. The molecule has 0 radical (unpaired) electrons. The second-order valence-electron chi connectivity index (χ2n) is 4.46. The molecule has 0 unspecified atom stereocenters. The SMILES string of the molecule is O=S(=O)(c1ccc(O)cc1)c1ncnc(Oc2ccccc2)n1. The Morgan fingerprint density at radius 3 is 2.30 bits per heavy atom. The summed E-state index contributed by atoms with van der Waals surface area (Å²) in [6.45, 7) is 0. The standard InChI is InChI=1S/C15H11N3O4S/c19-11-6-8-13(9-7-11)23(20,21)15-17-10-16-14(18-15)22-12-4-2-1-3-5-12/h1-10,19H. The first-order valence-corrected chi connectivity index (χ1v) is 8.00. The fourth-order valence-electron chi connectivity index (χ4n) is 1.77. The summed E-state index contributed by atoms with van der Waals surface area (Å²) in [5.41, 5.74) is 0. The van der Waals surface area contributed by atoms with Gasteiger partial charge >= 0.3 is 6.01 Å². The Bertz CT molecular complexity index is 913.